The highest BCUT2D eigenvalue weighted by molar-refractivity contribution is 5.88. The lowest BCUT2D eigenvalue weighted by molar-refractivity contribution is -0.132. The quantitative estimate of drug-likeness (QED) is 0.670. The Morgan fingerprint density at radius 3 is 2.23 bits per heavy atom. The van der Waals surface area contributed by atoms with Crippen molar-refractivity contribution in [3.8, 4) is 0 Å². The van der Waals surface area contributed by atoms with Crippen LogP contribution in [0, 0.1) is 19.3 Å². The first-order chi connectivity index (χ1) is 10.1. The third-order valence-corrected chi connectivity index (χ3v) is 2.83. The summed E-state index contributed by atoms with van der Waals surface area (Å²) < 4.78 is 1.54. The van der Waals surface area contributed by atoms with E-state index in [2.05, 4.69) is 21.3 Å². The maximum Gasteiger partial charge on any atom is 0.260 e. The minimum atomic E-state index is -0.570. The van der Waals surface area contributed by atoms with Gasteiger partial charge in [-0.15, -0.1) is 0 Å². The van der Waals surface area contributed by atoms with Gasteiger partial charge in [-0.25, -0.2) is 0 Å². The van der Waals surface area contributed by atoms with Crippen molar-refractivity contribution in [3.05, 3.63) is 17.5 Å². The first kappa shape index (κ1) is 17.7. The fourth-order valence-corrected chi connectivity index (χ4v) is 1.62. The van der Waals surface area contributed by atoms with E-state index in [9.17, 15) is 14.4 Å². The molecular formula is C14H23N5O3. The van der Waals surface area contributed by atoms with Crippen molar-refractivity contribution in [1.29, 1.82) is 0 Å². The molecule has 3 N–H and O–H groups in total. The molecule has 1 aromatic rings. The molecule has 0 bridgehead atoms. The van der Waals surface area contributed by atoms with Crippen molar-refractivity contribution in [1.82, 2.24) is 25.9 Å². The molecular weight excluding hydrogens is 286 g/mol. The Kier molecular flexibility index (Phi) is 5.67. The highest BCUT2D eigenvalue weighted by Crippen LogP contribution is 2.11. The summed E-state index contributed by atoms with van der Waals surface area (Å²) in [4.78, 5) is 34.8. The maximum absolute atomic E-state index is 11.7. The molecule has 22 heavy (non-hydrogen) atoms. The number of nitrogens with zero attached hydrogens (tertiary/aromatic N) is 2. The van der Waals surface area contributed by atoms with Gasteiger partial charge >= 0.3 is 0 Å². The third-order valence-electron chi connectivity index (χ3n) is 2.83. The van der Waals surface area contributed by atoms with Gasteiger partial charge in [-0.1, -0.05) is 20.8 Å². The second-order valence-electron chi connectivity index (χ2n) is 6.11. The molecule has 0 saturated carbocycles. The Balaban J connectivity index is 2.33. The fourth-order valence-electron chi connectivity index (χ4n) is 1.62. The molecule has 1 aromatic heterocycles. The summed E-state index contributed by atoms with van der Waals surface area (Å²) in [6.07, 6.45) is 0. The molecule has 122 valence electrons. The summed E-state index contributed by atoms with van der Waals surface area (Å²) in [6.45, 7) is 8.73. The second kappa shape index (κ2) is 7.06. The summed E-state index contributed by atoms with van der Waals surface area (Å²) >= 11 is 0. The van der Waals surface area contributed by atoms with E-state index >= 15 is 0 Å². The maximum atomic E-state index is 11.7. The van der Waals surface area contributed by atoms with Gasteiger partial charge in [0.05, 0.1) is 12.2 Å². The van der Waals surface area contributed by atoms with Crippen molar-refractivity contribution in [2.24, 2.45) is 5.41 Å². The van der Waals surface area contributed by atoms with E-state index in [-0.39, 0.29) is 19.0 Å². The molecule has 1 rings (SSSR count). The molecule has 0 saturated heterocycles. The van der Waals surface area contributed by atoms with Crippen LogP contribution in [0.4, 0.5) is 0 Å². The number of aryl methyl sites for hydroxylation is 2. The van der Waals surface area contributed by atoms with Crippen LogP contribution in [0.15, 0.2) is 6.07 Å². The molecule has 0 atom stereocenters. The van der Waals surface area contributed by atoms with E-state index in [0.717, 1.165) is 11.4 Å². The Morgan fingerprint density at radius 2 is 1.73 bits per heavy atom. The van der Waals surface area contributed by atoms with Crippen LogP contribution in [0.2, 0.25) is 0 Å². The number of hydrogen-bond acceptors (Lipinski definition) is 4. The third kappa shape index (κ3) is 5.55. The van der Waals surface area contributed by atoms with Crippen molar-refractivity contribution < 1.29 is 14.4 Å². The normalized spacial score (nSPS) is 11.0. The molecule has 0 aliphatic rings. The van der Waals surface area contributed by atoms with E-state index in [1.165, 1.54) is 4.68 Å². The number of nitrogens with one attached hydrogen (secondary N) is 3. The van der Waals surface area contributed by atoms with Crippen LogP contribution in [0.1, 0.15) is 32.2 Å². The molecule has 0 spiro atoms. The van der Waals surface area contributed by atoms with Gasteiger partial charge in [-0.3, -0.25) is 29.9 Å². The van der Waals surface area contributed by atoms with Gasteiger partial charge in [0.1, 0.15) is 6.54 Å². The van der Waals surface area contributed by atoms with Crippen LogP contribution >= 0.6 is 0 Å². The SMILES string of the molecule is Cc1cc(C)n(CC(=O)NNC(=O)CNC(=O)C(C)(C)C)n1. The van der Waals surface area contributed by atoms with E-state index in [1.807, 2.05) is 19.9 Å². The van der Waals surface area contributed by atoms with Crippen LogP contribution < -0.4 is 16.2 Å². The Hall–Kier alpha value is -2.38. The molecule has 0 fully saturated rings. The molecule has 8 heteroatoms. The number of hydrogen-bond donors (Lipinski definition) is 3. The summed E-state index contributed by atoms with van der Waals surface area (Å²) in [5.74, 6) is -1.14. The zero-order valence-corrected chi connectivity index (χ0v) is 13.6. The van der Waals surface area contributed by atoms with E-state index in [1.54, 1.807) is 20.8 Å². The van der Waals surface area contributed by atoms with Crippen LogP contribution in [-0.4, -0.2) is 34.0 Å². The van der Waals surface area contributed by atoms with Crippen molar-refractivity contribution in [2.45, 2.75) is 41.2 Å². The predicted molar refractivity (Wildman–Crippen MR) is 80.5 cm³/mol. The van der Waals surface area contributed by atoms with Gasteiger partial charge in [0.2, 0.25) is 5.91 Å². The summed E-state index contributed by atoms with van der Waals surface area (Å²) in [6, 6.07) is 1.86. The van der Waals surface area contributed by atoms with Crippen molar-refractivity contribution >= 4 is 17.7 Å². The molecule has 3 amide bonds. The number of carbonyl (C=O) groups excluding carboxylic acids is 3. The monoisotopic (exact) mass is 309 g/mol. The summed E-state index contributed by atoms with van der Waals surface area (Å²) in [7, 11) is 0. The van der Waals surface area contributed by atoms with Gasteiger partial charge in [0.15, 0.2) is 0 Å². The number of carbonyl (C=O) groups is 3. The highest BCUT2D eigenvalue weighted by atomic mass is 16.2. The number of aromatic nitrogens is 2. The van der Waals surface area contributed by atoms with Crippen LogP contribution in [0.25, 0.3) is 0 Å². The first-order valence-corrected chi connectivity index (χ1v) is 6.96. The lowest BCUT2D eigenvalue weighted by Crippen LogP contribution is -2.48. The molecule has 1 heterocycles. The Bertz CT molecular complexity index is 572. The standard InChI is InChI=1S/C14H23N5O3/c1-9-6-10(2)19(18-9)8-12(21)17-16-11(20)7-15-13(22)14(3,4)5/h6H,7-8H2,1-5H3,(H,15,22)(H,16,20)(H,17,21). The Morgan fingerprint density at radius 1 is 1.14 bits per heavy atom. The first-order valence-electron chi connectivity index (χ1n) is 6.96. The zero-order chi connectivity index (χ0) is 16.9. The van der Waals surface area contributed by atoms with E-state index in [4.69, 9.17) is 0 Å². The average molecular weight is 309 g/mol. The topological polar surface area (TPSA) is 105 Å². The average Bonchev–Trinajstić information content (AvgIpc) is 2.70. The van der Waals surface area contributed by atoms with Gasteiger partial charge in [-0.2, -0.15) is 5.10 Å². The lowest BCUT2D eigenvalue weighted by atomic mass is 9.96. The van der Waals surface area contributed by atoms with E-state index in [0.29, 0.717) is 0 Å². The highest BCUT2D eigenvalue weighted by Gasteiger charge is 2.21. The van der Waals surface area contributed by atoms with Gasteiger partial charge in [0.25, 0.3) is 11.8 Å². The van der Waals surface area contributed by atoms with Crippen LogP contribution in [0.3, 0.4) is 0 Å². The number of rotatable bonds is 4. The summed E-state index contributed by atoms with van der Waals surface area (Å²) in [5.41, 5.74) is 5.63. The molecule has 0 unspecified atom stereocenters. The number of amides is 3. The van der Waals surface area contributed by atoms with E-state index < -0.39 is 17.2 Å². The summed E-state index contributed by atoms with van der Waals surface area (Å²) in [5, 5.41) is 6.64. The largest absolute Gasteiger partial charge is 0.347 e. The Labute approximate surface area is 129 Å². The van der Waals surface area contributed by atoms with Crippen LogP contribution in [-0.2, 0) is 20.9 Å². The van der Waals surface area contributed by atoms with Crippen molar-refractivity contribution in [3.63, 3.8) is 0 Å². The number of hydrazine groups is 1. The second-order valence-corrected chi connectivity index (χ2v) is 6.11. The minimum absolute atomic E-state index is 0.00824. The molecule has 8 nitrogen and oxygen atoms in total. The van der Waals surface area contributed by atoms with Crippen LogP contribution in [0.5, 0.6) is 0 Å². The molecule has 0 radical (unpaired) electrons. The van der Waals surface area contributed by atoms with Crippen molar-refractivity contribution in [2.75, 3.05) is 6.54 Å². The van der Waals surface area contributed by atoms with Gasteiger partial charge in [-0.05, 0) is 19.9 Å². The minimum Gasteiger partial charge on any atom is -0.347 e. The fraction of sp³-hybridized carbons (Fsp3) is 0.571. The lowest BCUT2D eigenvalue weighted by Gasteiger charge is -2.17. The predicted octanol–water partition coefficient (Wildman–Crippen LogP) is -0.190. The molecule has 0 aliphatic carbocycles. The smallest absolute Gasteiger partial charge is 0.260 e. The zero-order valence-electron chi connectivity index (χ0n) is 13.6. The van der Waals surface area contributed by atoms with Gasteiger partial charge < -0.3 is 5.32 Å². The molecule has 0 aliphatic heterocycles. The molecule has 0 aromatic carbocycles. The van der Waals surface area contributed by atoms with Gasteiger partial charge in [0, 0.05) is 11.1 Å².